The van der Waals surface area contributed by atoms with Gasteiger partial charge in [-0.2, -0.15) is 0 Å². The number of amides is 1. The fraction of sp³-hybridized carbons (Fsp3) is 0.667. The predicted molar refractivity (Wildman–Crippen MR) is 79.3 cm³/mol. The van der Waals surface area contributed by atoms with Crippen LogP contribution in [0.15, 0.2) is 16.7 Å². The standard InChI is InChI=1S/C15H21BrN2O/c1-2-3-11-6-7-17(9-11)15(19)14-8-12(16)10-18(14)13-4-5-13/h8,10-11,13H,2-7,9H2,1H3. The van der Waals surface area contributed by atoms with Crippen molar-refractivity contribution in [1.29, 1.82) is 0 Å². The summed E-state index contributed by atoms with van der Waals surface area (Å²) in [6.45, 7) is 4.09. The molecule has 4 heteroatoms. The summed E-state index contributed by atoms with van der Waals surface area (Å²) in [5.41, 5.74) is 0.867. The highest BCUT2D eigenvalue weighted by atomic mass is 79.9. The minimum absolute atomic E-state index is 0.219. The first kappa shape index (κ1) is 13.2. The van der Waals surface area contributed by atoms with E-state index in [1.807, 2.05) is 11.0 Å². The Morgan fingerprint density at radius 1 is 1.42 bits per heavy atom. The van der Waals surface area contributed by atoms with Crippen LogP contribution in [0.2, 0.25) is 0 Å². The number of carbonyl (C=O) groups is 1. The Morgan fingerprint density at radius 3 is 2.89 bits per heavy atom. The van der Waals surface area contributed by atoms with E-state index < -0.39 is 0 Å². The number of nitrogens with zero attached hydrogens (tertiary/aromatic N) is 2. The molecular formula is C15H21BrN2O. The van der Waals surface area contributed by atoms with Crippen molar-refractivity contribution in [2.75, 3.05) is 13.1 Å². The third-order valence-electron chi connectivity index (χ3n) is 4.24. The second kappa shape index (κ2) is 5.31. The van der Waals surface area contributed by atoms with E-state index >= 15 is 0 Å². The molecule has 1 aliphatic carbocycles. The lowest BCUT2D eigenvalue weighted by Gasteiger charge is -2.17. The van der Waals surface area contributed by atoms with Crippen LogP contribution in [0, 0.1) is 5.92 Å². The van der Waals surface area contributed by atoms with Crippen LogP contribution in [0.3, 0.4) is 0 Å². The molecule has 2 fully saturated rings. The van der Waals surface area contributed by atoms with Gasteiger partial charge in [0, 0.05) is 29.8 Å². The van der Waals surface area contributed by atoms with Crippen LogP contribution in [0.25, 0.3) is 0 Å². The minimum Gasteiger partial charge on any atom is -0.339 e. The Hall–Kier alpha value is -0.770. The number of carbonyl (C=O) groups excluding carboxylic acids is 1. The fourth-order valence-corrected chi connectivity index (χ4v) is 3.53. The number of hydrogen-bond donors (Lipinski definition) is 0. The molecular weight excluding hydrogens is 304 g/mol. The van der Waals surface area contributed by atoms with Crippen molar-refractivity contribution in [3.8, 4) is 0 Å². The SMILES string of the molecule is CCCC1CCN(C(=O)c2cc(Br)cn2C2CC2)C1. The number of hydrogen-bond acceptors (Lipinski definition) is 1. The summed E-state index contributed by atoms with van der Waals surface area (Å²) < 4.78 is 3.19. The lowest BCUT2D eigenvalue weighted by atomic mass is 10.0. The summed E-state index contributed by atoms with van der Waals surface area (Å²) in [5.74, 6) is 0.929. The normalized spacial score (nSPS) is 23.1. The quantitative estimate of drug-likeness (QED) is 0.825. The van der Waals surface area contributed by atoms with Crippen LogP contribution >= 0.6 is 15.9 Å². The number of likely N-dealkylation sites (tertiary alicyclic amines) is 1. The fourth-order valence-electron chi connectivity index (χ4n) is 3.09. The van der Waals surface area contributed by atoms with Crippen molar-refractivity contribution in [3.05, 3.63) is 22.4 Å². The molecule has 0 aromatic carbocycles. The molecule has 0 N–H and O–H groups in total. The van der Waals surface area contributed by atoms with Gasteiger partial charge in [0.15, 0.2) is 0 Å². The molecule has 1 atom stereocenters. The summed E-state index contributed by atoms with van der Waals surface area (Å²) in [4.78, 5) is 14.7. The van der Waals surface area contributed by atoms with Crippen LogP contribution in [-0.2, 0) is 0 Å². The molecule has 1 aromatic rings. The van der Waals surface area contributed by atoms with E-state index in [4.69, 9.17) is 0 Å². The summed E-state index contributed by atoms with van der Waals surface area (Å²) >= 11 is 3.50. The van der Waals surface area contributed by atoms with E-state index in [2.05, 4.69) is 33.6 Å². The van der Waals surface area contributed by atoms with Gasteiger partial charge in [0.2, 0.25) is 0 Å². The van der Waals surface area contributed by atoms with Crippen molar-refractivity contribution >= 4 is 21.8 Å². The number of aromatic nitrogens is 1. The summed E-state index contributed by atoms with van der Waals surface area (Å²) in [6, 6.07) is 2.53. The van der Waals surface area contributed by atoms with Gasteiger partial charge in [-0.25, -0.2) is 0 Å². The molecule has 0 spiro atoms. The first-order valence-electron chi connectivity index (χ1n) is 7.35. The number of halogens is 1. The minimum atomic E-state index is 0.219. The molecule has 1 aliphatic heterocycles. The second-order valence-corrected chi connectivity index (χ2v) is 6.79. The maximum absolute atomic E-state index is 12.6. The van der Waals surface area contributed by atoms with Gasteiger partial charge in [-0.15, -0.1) is 0 Å². The van der Waals surface area contributed by atoms with Gasteiger partial charge in [0.25, 0.3) is 5.91 Å². The maximum atomic E-state index is 12.6. The monoisotopic (exact) mass is 324 g/mol. The molecule has 1 aromatic heterocycles. The van der Waals surface area contributed by atoms with Gasteiger partial charge in [-0.3, -0.25) is 4.79 Å². The van der Waals surface area contributed by atoms with E-state index in [1.165, 1.54) is 32.1 Å². The molecule has 3 nitrogen and oxygen atoms in total. The molecule has 3 rings (SSSR count). The van der Waals surface area contributed by atoms with Gasteiger partial charge >= 0.3 is 0 Å². The van der Waals surface area contributed by atoms with E-state index in [0.29, 0.717) is 12.0 Å². The van der Waals surface area contributed by atoms with Crippen LogP contribution in [0.1, 0.15) is 55.6 Å². The molecule has 0 radical (unpaired) electrons. The van der Waals surface area contributed by atoms with E-state index in [-0.39, 0.29) is 5.91 Å². The van der Waals surface area contributed by atoms with Crippen molar-refractivity contribution < 1.29 is 4.79 Å². The molecule has 1 saturated heterocycles. The van der Waals surface area contributed by atoms with E-state index in [0.717, 1.165) is 23.3 Å². The summed E-state index contributed by atoms with van der Waals surface area (Å²) in [6.07, 6.45) is 8.11. The van der Waals surface area contributed by atoms with Crippen molar-refractivity contribution in [3.63, 3.8) is 0 Å². The number of rotatable bonds is 4. The third-order valence-corrected chi connectivity index (χ3v) is 4.68. The van der Waals surface area contributed by atoms with Gasteiger partial charge in [0.1, 0.15) is 5.69 Å². The Labute approximate surface area is 123 Å². The van der Waals surface area contributed by atoms with Crippen molar-refractivity contribution in [2.24, 2.45) is 5.92 Å². The highest BCUT2D eigenvalue weighted by Crippen LogP contribution is 2.38. The highest BCUT2D eigenvalue weighted by molar-refractivity contribution is 9.10. The van der Waals surface area contributed by atoms with Crippen LogP contribution in [0.5, 0.6) is 0 Å². The van der Waals surface area contributed by atoms with Gasteiger partial charge in [-0.05, 0) is 53.6 Å². The molecule has 104 valence electrons. The largest absolute Gasteiger partial charge is 0.339 e. The molecule has 1 amide bonds. The first-order valence-corrected chi connectivity index (χ1v) is 8.15. The Bertz CT molecular complexity index is 478. The topological polar surface area (TPSA) is 25.2 Å². The average Bonchev–Trinajstić information content (AvgIpc) is 3.01. The van der Waals surface area contributed by atoms with Crippen LogP contribution < -0.4 is 0 Å². The first-order chi connectivity index (χ1) is 9.19. The average molecular weight is 325 g/mol. The van der Waals surface area contributed by atoms with Crippen molar-refractivity contribution in [1.82, 2.24) is 9.47 Å². The van der Waals surface area contributed by atoms with E-state index in [9.17, 15) is 4.79 Å². The molecule has 1 saturated carbocycles. The van der Waals surface area contributed by atoms with Gasteiger partial charge < -0.3 is 9.47 Å². The molecule has 2 heterocycles. The summed E-state index contributed by atoms with van der Waals surface area (Å²) in [7, 11) is 0. The Balaban J connectivity index is 1.73. The lowest BCUT2D eigenvalue weighted by molar-refractivity contribution is 0.0775. The maximum Gasteiger partial charge on any atom is 0.270 e. The predicted octanol–water partition coefficient (Wildman–Crippen LogP) is 3.85. The smallest absolute Gasteiger partial charge is 0.270 e. The Morgan fingerprint density at radius 2 is 2.21 bits per heavy atom. The third kappa shape index (κ3) is 2.73. The van der Waals surface area contributed by atoms with Gasteiger partial charge in [-0.1, -0.05) is 13.3 Å². The molecule has 0 bridgehead atoms. The van der Waals surface area contributed by atoms with Crippen LogP contribution in [0.4, 0.5) is 0 Å². The zero-order chi connectivity index (χ0) is 13.4. The summed E-state index contributed by atoms with van der Waals surface area (Å²) in [5, 5.41) is 0. The van der Waals surface area contributed by atoms with E-state index in [1.54, 1.807) is 0 Å². The Kier molecular flexibility index (Phi) is 3.70. The second-order valence-electron chi connectivity index (χ2n) is 5.88. The van der Waals surface area contributed by atoms with Crippen LogP contribution in [-0.4, -0.2) is 28.5 Å². The highest BCUT2D eigenvalue weighted by Gasteiger charge is 2.32. The van der Waals surface area contributed by atoms with Gasteiger partial charge in [0.05, 0.1) is 0 Å². The molecule has 19 heavy (non-hydrogen) atoms. The molecule has 1 unspecified atom stereocenters. The lowest BCUT2D eigenvalue weighted by Crippen LogP contribution is -2.30. The molecule has 2 aliphatic rings. The zero-order valence-corrected chi connectivity index (χ0v) is 13.0. The van der Waals surface area contributed by atoms with Crippen molar-refractivity contribution in [2.45, 2.75) is 45.1 Å². The zero-order valence-electron chi connectivity index (χ0n) is 11.4.